The van der Waals surface area contributed by atoms with Crippen molar-refractivity contribution in [2.75, 3.05) is 0 Å². The molecule has 0 fully saturated rings. The number of aromatic nitrogens is 4. The van der Waals surface area contributed by atoms with Crippen molar-refractivity contribution in [2.45, 2.75) is 55.4 Å². The van der Waals surface area contributed by atoms with Gasteiger partial charge in [0.2, 0.25) is 0 Å². The van der Waals surface area contributed by atoms with E-state index in [1.54, 1.807) is 0 Å². The Labute approximate surface area is 303 Å². The van der Waals surface area contributed by atoms with Crippen molar-refractivity contribution in [1.82, 2.24) is 17.5 Å². The zero-order valence-electron chi connectivity index (χ0n) is 29.8. The van der Waals surface area contributed by atoms with Crippen LogP contribution in [0.25, 0.3) is 77.7 Å². The molecule has 0 radical (unpaired) electrons. The van der Waals surface area contributed by atoms with Crippen molar-refractivity contribution in [1.29, 1.82) is 0 Å². The van der Waals surface area contributed by atoms with E-state index in [0.29, 0.717) is 0 Å². The number of rotatable bonds is 5. The van der Waals surface area contributed by atoms with Gasteiger partial charge in [-0.3, -0.25) is 0 Å². The second-order valence-electron chi connectivity index (χ2n) is 12.8. The molecule has 0 aliphatic carbocycles. The number of hydrogen-bond acceptors (Lipinski definition) is 6. The van der Waals surface area contributed by atoms with Crippen molar-refractivity contribution in [3.05, 3.63) is 130 Å². The van der Waals surface area contributed by atoms with Crippen LogP contribution < -0.4 is 0 Å². The Hall–Kier alpha value is -5.04. The molecule has 0 aliphatic rings. The van der Waals surface area contributed by atoms with Gasteiger partial charge in [0.25, 0.3) is 0 Å². The number of nitrogens with zero attached hydrogens (tertiary/aromatic N) is 4. The molecule has 0 bridgehead atoms. The average molecular weight is 689 g/mol. The highest BCUT2D eigenvalue weighted by atomic mass is 32.1. The van der Waals surface area contributed by atoms with Gasteiger partial charge >= 0.3 is 0 Å². The summed E-state index contributed by atoms with van der Waals surface area (Å²) in [7, 11) is 0. The van der Waals surface area contributed by atoms with Crippen LogP contribution in [0.5, 0.6) is 0 Å². The molecule has 2 aromatic heterocycles. The molecule has 8 rings (SSSR count). The van der Waals surface area contributed by atoms with Crippen molar-refractivity contribution in [3.8, 4) is 55.6 Å². The smallest absolute Gasteiger partial charge is 0.113 e. The molecule has 6 aromatic carbocycles. The van der Waals surface area contributed by atoms with Crippen LogP contribution in [0.15, 0.2) is 97.1 Å². The lowest BCUT2D eigenvalue weighted by atomic mass is 9.86. The molecule has 0 saturated carbocycles. The largest absolute Gasteiger partial charge is 0.172 e. The van der Waals surface area contributed by atoms with E-state index in [2.05, 4.69) is 139 Å². The van der Waals surface area contributed by atoms with Gasteiger partial charge < -0.3 is 0 Å². The van der Waals surface area contributed by atoms with Gasteiger partial charge in [0, 0.05) is 22.3 Å². The summed E-state index contributed by atoms with van der Waals surface area (Å²) in [6.45, 7) is 17.1. The monoisotopic (exact) mass is 688 g/mol. The highest BCUT2D eigenvalue weighted by Crippen LogP contribution is 2.42. The molecule has 0 spiro atoms. The van der Waals surface area contributed by atoms with Gasteiger partial charge in [-0.2, -0.15) is 17.5 Å². The predicted octanol–water partition coefficient (Wildman–Crippen LogP) is 12.9. The molecule has 8 aromatic rings. The van der Waals surface area contributed by atoms with Crippen molar-refractivity contribution >= 4 is 45.5 Å². The molecule has 0 saturated heterocycles. The summed E-state index contributed by atoms with van der Waals surface area (Å²) < 4.78 is 19.1. The Morgan fingerprint density at radius 1 is 0.300 bits per heavy atom. The summed E-state index contributed by atoms with van der Waals surface area (Å²) >= 11 is 2.57. The van der Waals surface area contributed by atoms with Crippen molar-refractivity contribution < 1.29 is 0 Å². The minimum absolute atomic E-state index is 0.962. The molecule has 4 nitrogen and oxygen atoms in total. The molecular formula is C44H40N4S2. The first-order valence-corrected chi connectivity index (χ1v) is 18.6. The Morgan fingerprint density at radius 3 is 0.860 bits per heavy atom. The van der Waals surface area contributed by atoms with E-state index >= 15 is 0 Å². The van der Waals surface area contributed by atoms with Crippen LogP contribution in [0.1, 0.15) is 47.2 Å². The summed E-state index contributed by atoms with van der Waals surface area (Å²) in [6.07, 6.45) is 0. The van der Waals surface area contributed by atoms with Gasteiger partial charge in [0.15, 0.2) is 0 Å². The fourth-order valence-electron chi connectivity index (χ4n) is 7.15. The summed E-state index contributed by atoms with van der Waals surface area (Å²) in [5.41, 5.74) is 23.1. The van der Waals surface area contributed by atoms with Crippen LogP contribution >= 0.6 is 23.5 Å². The minimum atomic E-state index is 0.962. The maximum Gasteiger partial charge on any atom is 0.113 e. The third kappa shape index (κ3) is 5.72. The van der Waals surface area contributed by atoms with E-state index < -0.39 is 0 Å². The van der Waals surface area contributed by atoms with Gasteiger partial charge in [-0.15, -0.1) is 0 Å². The van der Waals surface area contributed by atoms with Crippen molar-refractivity contribution in [3.63, 3.8) is 0 Å². The second kappa shape index (κ2) is 13.7. The summed E-state index contributed by atoms with van der Waals surface area (Å²) in [5.74, 6) is 0. The summed E-state index contributed by atoms with van der Waals surface area (Å²) in [4.78, 5) is 0. The van der Waals surface area contributed by atoms with Crippen LogP contribution in [0.3, 0.4) is 0 Å². The third-order valence-electron chi connectivity index (χ3n) is 9.71. The van der Waals surface area contributed by atoms with Crippen LogP contribution in [-0.4, -0.2) is 17.5 Å². The molecule has 6 heteroatoms. The maximum absolute atomic E-state index is 4.79. The van der Waals surface area contributed by atoms with Crippen LogP contribution in [0, 0.1) is 41.5 Å². The summed E-state index contributed by atoms with van der Waals surface area (Å²) in [6, 6.07) is 35.1. The van der Waals surface area contributed by atoms with Crippen molar-refractivity contribution in [2.24, 2.45) is 0 Å². The standard InChI is InChI=1S/C42H34N4S2.C2H6/c1-23-11-7-9-13-29(23)31-15-17-33(41-39(31)43-47-45-41)35-19-27(5)37(21-25(35)3)38-22-26(4)36(20-28(38)6)34-18-16-32(40-42(34)46-48-44-40)30-14-10-8-12-24(30)2;1-2/h7-22H,1-6H3;1-2H3. The van der Waals surface area contributed by atoms with Gasteiger partial charge in [-0.25, -0.2) is 0 Å². The maximum atomic E-state index is 4.79. The molecule has 0 aliphatic heterocycles. The Morgan fingerprint density at radius 2 is 0.560 bits per heavy atom. The normalized spacial score (nSPS) is 11.2. The number of hydrogen-bond donors (Lipinski definition) is 0. The van der Waals surface area contributed by atoms with Crippen LogP contribution in [0.2, 0.25) is 0 Å². The minimum Gasteiger partial charge on any atom is -0.172 e. The first-order valence-electron chi connectivity index (χ1n) is 17.2. The quantitative estimate of drug-likeness (QED) is 0.181. The Bertz CT molecular complexity index is 2360. The fourth-order valence-corrected chi connectivity index (χ4v) is 8.29. The highest BCUT2D eigenvalue weighted by Gasteiger charge is 2.20. The Kier molecular flexibility index (Phi) is 9.17. The highest BCUT2D eigenvalue weighted by molar-refractivity contribution is 7.00. The van der Waals surface area contributed by atoms with Gasteiger partial charge in [0.05, 0.1) is 23.5 Å². The zero-order valence-corrected chi connectivity index (χ0v) is 31.5. The van der Waals surface area contributed by atoms with Crippen LogP contribution in [0.4, 0.5) is 0 Å². The molecular weight excluding hydrogens is 649 g/mol. The lowest BCUT2D eigenvalue weighted by molar-refractivity contribution is 1.34. The third-order valence-corrected chi connectivity index (χ3v) is 10.8. The zero-order chi connectivity index (χ0) is 35.1. The first-order chi connectivity index (χ1) is 24.3. The number of fused-ring (bicyclic) bond motifs is 2. The van der Waals surface area contributed by atoms with E-state index in [1.807, 2.05) is 13.8 Å². The predicted molar refractivity (Wildman–Crippen MR) is 215 cm³/mol. The van der Waals surface area contributed by atoms with E-state index in [-0.39, 0.29) is 0 Å². The van der Waals surface area contributed by atoms with E-state index in [1.165, 1.54) is 90.2 Å². The molecule has 50 heavy (non-hydrogen) atoms. The molecule has 0 N–H and O–H groups in total. The average Bonchev–Trinajstić information content (AvgIpc) is 3.82. The van der Waals surface area contributed by atoms with E-state index in [0.717, 1.165) is 44.3 Å². The van der Waals surface area contributed by atoms with E-state index in [9.17, 15) is 0 Å². The Balaban J connectivity index is 0.00000193. The lowest BCUT2D eigenvalue weighted by Crippen LogP contribution is -1.96. The molecule has 248 valence electrons. The van der Waals surface area contributed by atoms with Gasteiger partial charge in [-0.1, -0.05) is 111 Å². The van der Waals surface area contributed by atoms with Gasteiger partial charge in [0.1, 0.15) is 22.1 Å². The molecule has 0 unspecified atom stereocenters. The van der Waals surface area contributed by atoms with E-state index in [4.69, 9.17) is 17.5 Å². The number of aryl methyl sites for hydroxylation is 6. The second-order valence-corrected chi connectivity index (χ2v) is 13.9. The van der Waals surface area contributed by atoms with Gasteiger partial charge in [-0.05, 0) is 108 Å². The SMILES string of the molecule is CC.Cc1cc(-c2ccc(-c3ccccc3C)c3nsnc23)c(C)cc1-c1cc(C)c(-c2ccc(-c3ccccc3C)c3nsnc23)cc1C. The lowest BCUT2D eigenvalue weighted by Gasteiger charge is -2.18. The summed E-state index contributed by atoms with van der Waals surface area (Å²) in [5, 5.41) is 0. The van der Waals surface area contributed by atoms with Crippen LogP contribution in [-0.2, 0) is 0 Å². The molecule has 0 atom stereocenters. The number of benzene rings is 6. The molecule has 2 heterocycles. The fraction of sp³-hybridized carbons (Fsp3) is 0.182. The topological polar surface area (TPSA) is 51.6 Å². The first kappa shape index (κ1) is 33.5. The molecule has 0 amide bonds.